The number of oxime groups is 1. The van der Waals surface area contributed by atoms with Gasteiger partial charge in [0.15, 0.2) is 17.9 Å². The van der Waals surface area contributed by atoms with Crippen LogP contribution in [0.4, 0.5) is 5.13 Å². The summed E-state index contributed by atoms with van der Waals surface area (Å²) < 4.78 is 7.89. The minimum absolute atomic E-state index is 0.0301. The van der Waals surface area contributed by atoms with Gasteiger partial charge in [0.1, 0.15) is 29.7 Å². The van der Waals surface area contributed by atoms with Gasteiger partial charge in [-0.05, 0) is 12.1 Å². The summed E-state index contributed by atoms with van der Waals surface area (Å²) in [4.78, 5) is 48.0. The Morgan fingerprint density at radius 1 is 1.42 bits per heavy atom. The summed E-state index contributed by atoms with van der Waals surface area (Å²) in [5.74, 6) is -2.10. The SMILES string of the molecule is CO/N=C(\C(=O)N[C@@H]1C(=O)N2C(C(=O)O)=C(C[n+]3ccn4cccc4c3C)CS[C@H]12)c1nsc(N)n1. The Hall–Kier alpha value is -3.98. The normalized spacial score (nSPS) is 19.8. The highest BCUT2D eigenvalue weighted by Gasteiger charge is 2.55. The molecule has 0 aromatic carbocycles. The number of nitrogens with one attached hydrogen (secondary N) is 1. The van der Waals surface area contributed by atoms with E-state index in [9.17, 15) is 19.5 Å². The van der Waals surface area contributed by atoms with Crippen LogP contribution in [-0.4, -0.2) is 71.5 Å². The first-order chi connectivity index (χ1) is 17.3. The van der Waals surface area contributed by atoms with Crippen molar-refractivity contribution in [3.63, 3.8) is 0 Å². The van der Waals surface area contributed by atoms with Crippen LogP contribution in [0, 0.1) is 6.92 Å². The number of carbonyl (C=O) groups excluding carboxylic acids is 2. The number of β-lactam (4-membered cyclic amide) rings is 1. The molecule has 1 saturated heterocycles. The third kappa shape index (κ3) is 3.95. The van der Waals surface area contributed by atoms with Crippen LogP contribution >= 0.6 is 23.3 Å². The quantitative estimate of drug-likeness (QED) is 0.162. The Bertz CT molecular complexity index is 1460. The molecule has 13 nitrogen and oxygen atoms in total. The topological polar surface area (TPSA) is 168 Å². The molecule has 4 N–H and O–H groups in total. The lowest BCUT2D eigenvalue weighted by Gasteiger charge is -2.49. The lowest BCUT2D eigenvalue weighted by atomic mass is 10.0. The van der Waals surface area contributed by atoms with Crippen LogP contribution in [0.25, 0.3) is 5.52 Å². The molecule has 0 saturated carbocycles. The van der Waals surface area contributed by atoms with Gasteiger partial charge in [0.05, 0.1) is 6.20 Å². The van der Waals surface area contributed by atoms with Crippen molar-refractivity contribution >= 4 is 57.4 Å². The van der Waals surface area contributed by atoms with Crippen LogP contribution in [0.1, 0.15) is 11.5 Å². The summed E-state index contributed by atoms with van der Waals surface area (Å²) in [5.41, 5.74) is 7.87. The summed E-state index contributed by atoms with van der Waals surface area (Å²) in [5, 5.41) is 15.8. The predicted molar refractivity (Wildman–Crippen MR) is 130 cm³/mol. The number of hydrogen-bond donors (Lipinski definition) is 3. The monoisotopic (exact) mass is 529 g/mol. The number of fused-ring (bicyclic) bond motifs is 2. The third-order valence-electron chi connectivity index (χ3n) is 5.94. The van der Waals surface area contributed by atoms with Crippen LogP contribution in [0.3, 0.4) is 0 Å². The van der Waals surface area contributed by atoms with Gasteiger partial charge in [0, 0.05) is 36.0 Å². The zero-order chi connectivity index (χ0) is 25.6. The second kappa shape index (κ2) is 9.23. The maximum atomic E-state index is 13.0. The maximum absolute atomic E-state index is 13.0. The molecule has 0 unspecified atom stereocenters. The van der Waals surface area contributed by atoms with E-state index < -0.39 is 29.2 Å². The number of amides is 2. The van der Waals surface area contributed by atoms with Crippen molar-refractivity contribution in [3.05, 3.63) is 53.5 Å². The minimum Gasteiger partial charge on any atom is -0.477 e. The zero-order valence-electron chi connectivity index (χ0n) is 19.1. The fraction of sp³-hybridized carbons (Fsp3) is 0.286. The minimum atomic E-state index is -1.20. The molecule has 0 bridgehead atoms. The first-order valence-electron chi connectivity index (χ1n) is 10.7. The van der Waals surface area contributed by atoms with E-state index in [1.165, 1.54) is 23.8 Å². The fourth-order valence-corrected chi connectivity index (χ4v) is 6.01. The number of aliphatic carboxylic acids is 1. The van der Waals surface area contributed by atoms with Crippen LogP contribution in [0.2, 0.25) is 0 Å². The molecular weight excluding hydrogens is 508 g/mol. The Balaban J connectivity index is 1.38. The molecule has 0 spiro atoms. The number of nitrogen functional groups attached to an aromatic ring is 1. The number of aromatic nitrogens is 4. The summed E-state index contributed by atoms with van der Waals surface area (Å²) in [7, 11) is 1.26. The summed E-state index contributed by atoms with van der Waals surface area (Å²) >= 11 is 2.27. The lowest BCUT2D eigenvalue weighted by molar-refractivity contribution is -0.694. The standard InChI is InChI=1S/C21H20N8O5S2/c1-10-12-4-3-5-27(12)6-7-28(10)8-11-9-35-19-14(18(31)29(19)15(11)20(32)33)23-17(30)13(25-34-2)16-24-21(22)36-26-16/h3-7,14,19H,8-9H2,1-2H3,(H3-,22,23,24,26,30,32,33)/p+1/b25-13-/t14-,19-/m1/s1. The molecule has 5 heterocycles. The molecule has 5 rings (SSSR count). The highest BCUT2D eigenvalue weighted by Crippen LogP contribution is 2.40. The van der Waals surface area contributed by atoms with Crippen LogP contribution < -0.4 is 15.6 Å². The van der Waals surface area contributed by atoms with Gasteiger partial charge >= 0.3 is 5.97 Å². The first-order valence-corrected chi connectivity index (χ1v) is 12.5. The van der Waals surface area contributed by atoms with Crippen LogP contribution in [0.5, 0.6) is 0 Å². The largest absolute Gasteiger partial charge is 0.477 e. The van der Waals surface area contributed by atoms with Gasteiger partial charge in [-0.25, -0.2) is 4.79 Å². The van der Waals surface area contributed by atoms with Gasteiger partial charge in [-0.15, -0.1) is 11.8 Å². The van der Waals surface area contributed by atoms with E-state index in [2.05, 4.69) is 19.8 Å². The summed E-state index contributed by atoms with van der Waals surface area (Å²) in [6.07, 6.45) is 5.71. The molecule has 0 aliphatic carbocycles. The van der Waals surface area contributed by atoms with E-state index in [0.717, 1.165) is 22.7 Å². The summed E-state index contributed by atoms with van der Waals surface area (Å²) in [6.45, 7) is 2.27. The number of thioether (sulfide) groups is 1. The number of hydrogen-bond acceptors (Lipinski definition) is 10. The van der Waals surface area contributed by atoms with Gasteiger partial charge in [0.25, 0.3) is 11.8 Å². The molecule has 2 atom stereocenters. The van der Waals surface area contributed by atoms with E-state index >= 15 is 0 Å². The number of carboxylic acid groups (broad SMARTS) is 1. The number of anilines is 1. The molecule has 2 aliphatic rings. The predicted octanol–water partition coefficient (Wildman–Crippen LogP) is -0.242. The van der Waals surface area contributed by atoms with Crippen molar-refractivity contribution in [1.82, 2.24) is 24.0 Å². The molecule has 3 aromatic rings. The highest BCUT2D eigenvalue weighted by atomic mass is 32.2. The Kier molecular flexibility index (Phi) is 6.09. The van der Waals surface area contributed by atoms with Crippen molar-refractivity contribution in [1.29, 1.82) is 0 Å². The van der Waals surface area contributed by atoms with Crippen LogP contribution in [-0.2, 0) is 25.8 Å². The molecule has 36 heavy (non-hydrogen) atoms. The molecule has 1 fully saturated rings. The highest BCUT2D eigenvalue weighted by molar-refractivity contribution is 8.00. The van der Waals surface area contributed by atoms with Gasteiger partial charge in [0.2, 0.25) is 17.2 Å². The number of carbonyl (C=O) groups is 3. The molecule has 15 heteroatoms. The Morgan fingerprint density at radius 3 is 2.92 bits per heavy atom. The summed E-state index contributed by atoms with van der Waals surface area (Å²) in [6, 6.07) is 2.97. The molecule has 2 amide bonds. The van der Waals surface area contributed by atoms with Gasteiger partial charge < -0.3 is 25.4 Å². The van der Waals surface area contributed by atoms with E-state index in [1.807, 2.05) is 46.6 Å². The maximum Gasteiger partial charge on any atom is 0.352 e. The lowest BCUT2D eigenvalue weighted by Crippen LogP contribution is -2.71. The van der Waals surface area contributed by atoms with Gasteiger partial charge in [-0.3, -0.25) is 14.5 Å². The van der Waals surface area contributed by atoms with Crippen molar-refractivity contribution in [2.75, 3.05) is 18.6 Å². The van der Waals surface area contributed by atoms with Crippen molar-refractivity contribution < 1.29 is 28.9 Å². The zero-order valence-corrected chi connectivity index (χ0v) is 20.7. The Labute approximate surface area is 212 Å². The number of nitrogens with zero attached hydrogens (tertiary/aromatic N) is 6. The Morgan fingerprint density at radius 2 is 2.22 bits per heavy atom. The van der Waals surface area contributed by atoms with Gasteiger partial charge in [-0.2, -0.15) is 13.9 Å². The average molecular weight is 530 g/mol. The number of aryl methyl sites for hydroxylation is 1. The van der Waals surface area contributed by atoms with Gasteiger partial charge in [-0.1, -0.05) is 5.16 Å². The van der Waals surface area contributed by atoms with Crippen molar-refractivity contribution in [2.45, 2.75) is 24.9 Å². The van der Waals surface area contributed by atoms with Crippen LogP contribution in [0.15, 0.2) is 47.1 Å². The molecular formula is C21H21N8O5S2+. The van der Waals surface area contributed by atoms with E-state index in [1.54, 1.807) is 0 Å². The molecule has 0 radical (unpaired) electrons. The van der Waals surface area contributed by atoms with E-state index in [-0.39, 0.29) is 22.4 Å². The molecule has 186 valence electrons. The van der Waals surface area contributed by atoms with E-state index in [0.29, 0.717) is 17.9 Å². The fourth-order valence-electron chi connectivity index (χ4n) is 4.24. The second-order valence-electron chi connectivity index (χ2n) is 8.01. The first kappa shape index (κ1) is 23.7. The smallest absolute Gasteiger partial charge is 0.352 e. The van der Waals surface area contributed by atoms with E-state index in [4.69, 9.17) is 10.6 Å². The average Bonchev–Trinajstić information content (AvgIpc) is 3.51. The number of nitrogens with two attached hydrogens (primary N) is 1. The van der Waals surface area contributed by atoms with Crippen molar-refractivity contribution in [3.8, 4) is 0 Å². The third-order valence-corrected chi connectivity index (χ3v) is 7.82. The molecule has 2 aliphatic heterocycles. The van der Waals surface area contributed by atoms with Crippen molar-refractivity contribution in [2.24, 2.45) is 5.16 Å². The second-order valence-corrected chi connectivity index (χ2v) is 9.90. The number of rotatable bonds is 7. The number of carboxylic acids is 1. The molecule has 3 aromatic heterocycles.